The first-order valence-electron chi connectivity index (χ1n) is 8.87. The third-order valence-corrected chi connectivity index (χ3v) is 5.34. The average Bonchev–Trinajstić information content (AvgIpc) is 2.95. The monoisotopic (exact) mass is 443 g/mol. The average molecular weight is 444 g/mol. The highest BCUT2D eigenvalue weighted by atomic mass is 35.5. The van der Waals surface area contributed by atoms with Crippen molar-refractivity contribution in [1.29, 1.82) is 0 Å². The quantitative estimate of drug-likeness (QED) is 0.320. The van der Waals surface area contributed by atoms with Gasteiger partial charge in [-0.05, 0) is 62.0 Å². The summed E-state index contributed by atoms with van der Waals surface area (Å²) in [5.41, 5.74) is 2.59. The summed E-state index contributed by atoms with van der Waals surface area (Å²) in [5, 5.41) is 12.2. The molecule has 2 amide bonds. The van der Waals surface area contributed by atoms with E-state index in [2.05, 4.69) is 11.9 Å². The zero-order valence-corrected chi connectivity index (χ0v) is 17.8. The van der Waals surface area contributed by atoms with Gasteiger partial charge in [-0.25, -0.2) is 4.79 Å². The van der Waals surface area contributed by atoms with Gasteiger partial charge in [0.25, 0.3) is 11.8 Å². The molecule has 2 heterocycles. The molecule has 1 aromatic heterocycles. The fourth-order valence-electron chi connectivity index (χ4n) is 3.27. The zero-order chi connectivity index (χ0) is 22.2. The van der Waals surface area contributed by atoms with Gasteiger partial charge in [0.05, 0.1) is 16.3 Å². The molecule has 7 nitrogen and oxygen atoms in total. The molecule has 0 unspecified atom stereocenters. The zero-order valence-electron chi connectivity index (χ0n) is 16.2. The molecule has 0 spiro atoms. The van der Waals surface area contributed by atoms with E-state index in [0.717, 1.165) is 5.69 Å². The van der Waals surface area contributed by atoms with Crippen LogP contribution in [0.15, 0.2) is 42.5 Å². The van der Waals surface area contributed by atoms with Gasteiger partial charge < -0.3 is 9.67 Å². The van der Waals surface area contributed by atoms with Crippen LogP contribution in [0.25, 0.3) is 11.8 Å². The third kappa shape index (κ3) is 3.79. The lowest BCUT2D eigenvalue weighted by atomic mass is 10.1. The summed E-state index contributed by atoms with van der Waals surface area (Å²) in [6, 6.07) is 6.21. The molecule has 3 rings (SSSR count). The molecule has 1 saturated heterocycles. The standard InChI is InChI=1S/C21H18ClN3O4S/c1-4-7-24-19(27)15(18(26)23-21(24)30)9-14-8-11(2)25(12(14)3)17-10-13(20(28)29)5-6-16(17)22/h4-6,8-10H,1,7H2,2-3H3,(H,28,29)(H,23,26,30)/b15-9+. The van der Waals surface area contributed by atoms with Crippen molar-refractivity contribution in [3.8, 4) is 5.69 Å². The van der Waals surface area contributed by atoms with Crippen LogP contribution in [0.2, 0.25) is 5.02 Å². The van der Waals surface area contributed by atoms with E-state index in [1.807, 2.05) is 6.92 Å². The molecule has 1 aromatic carbocycles. The van der Waals surface area contributed by atoms with Crippen LogP contribution in [-0.4, -0.2) is 44.0 Å². The smallest absolute Gasteiger partial charge is 0.335 e. The molecular formula is C21H18ClN3O4S. The second kappa shape index (κ2) is 8.25. The molecule has 30 heavy (non-hydrogen) atoms. The number of carboxylic acid groups (broad SMARTS) is 1. The van der Waals surface area contributed by atoms with Gasteiger partial charge in [-0.2, -0.15) is 0 Å². The Kier molecular flexibility index (Phi) is 5.91. The molecule has 0 aliphatic carbocycles. The number of nitrogens with one attached hydrogen (secondary N) is 1. The number of amides is 2. The molecule has 154 valence electrons. The SMILES string of the molecule is C=CCN1C(=O)/C(=C/c2cc(C)n(-c3cc(C(=O)O)ccc3Cl)c2C)C(=O)NC1=S. The van der Waals surface area contributed by atoms with Gasteiger partial charge in [0.2, 0.25) is 0 Å². The van der Waals surface area contributed by atoms with Crippen molar-refractivity contribution in [2.45, 2.75) is 13.8 Å². The number of hydrogen-bond acceptors (Lipinski definition) is 4. The second-order valence-electron chi connectivity index (χ2n) is 6.65. The van der Waals surface area contributed by atoms with E-state index < -0.39 is 17.8 Å². The van der Waals surface area contributed by atoms with Crippen LogP contribution in [0, 0.1) is 13.8 Å². The Labute approximate surface area is 183 Å². The molecule has 2 N–H and O–H groups in total. The topological polar surface area (TPSA) is 91.6 Å². The predicted octanol–water partition coefficient (Wildman–Crippen LogP) is 3.26. The van der Waals surface area contributed by atoms with Crippen molar-refractivity contribution in [1.82, 2.24) is 14.8 Å². The molecule has 0 bridgehead atoms. The normalized spacial score (nSPS) is 15.5. The van der Waals surface area contributed by atoms with Gasteiger partial charge in [0.1, 0.15) is 5.57 Å². The third-order valence-electron chi connectivity index (χ3n) is 4.70. The number of carbonyl (C=O) groups excluding carboxylic acids is 2. The largest absolute Gasteiger partial charge is 0.478 e. The maximum atomic E-state index is 12.8. The van der Waals surface area contributed by atoms with E-state index in [9.17, 15) is 19.5 Å². The number of aryl methyl sites for hydroxylation is 1. The highest BCUT2D eigenvalue weighted by Crippen LogP contribution is 2.29. The van der Waals surface area contributed by atoms with Crippen molar-refractivity contribution in [2.24, 2.45) is 0 Å². The number of nitrogens with zero attached hydrogens (tertiary/aromatic N) is 2. The highest BCUT2D eigenvalue weighted by Gasteiger charge is 2.33. The number of hydrogen-bond donors (Lipinski definition) is 2. The summed E-state index contributed by atoms with van der Waals surface area (Å²) >= 11 is 11.4. The van der Waals surface area contributed by atoms with Crippen LogP contribution in [0.1, 0.15) is 27.3 Å². The number of thiocarbonyl (C=S) groups is 1. The first-order chi connectivity index (χ1) is 14.1. The van der Waals surface area contributed by atoms with Gasteiger partial charge >= 0.3 is 5.97 Å². The molecule has 0 saturated carbocycles. The highest BCUT2D eigenvalue weighted by molar-refractivity contribution is 7.80. The molecule has 1 aliphatic rings. The number of halogens is 1. The van der Waals surface area contributed by atoms with Crippen molar-refractivity contribution < 1.29 is 19.5 Å². The summed E-state index contributed by atoms with van der Waals surface area (Å²) in [7, 11) is 0. The van der Waals surface area contributed by atoms with E-state index in [4.69, 9.17) is 23.8 Å². The number of aromatic nitrogens is 1. The van der Waals surface area contributed by atoms with E-state index in [1.54, 1.807) is 17.6 Å². The lowest BCUT2D eigenvalue weighted by Crippen LogP contribution is -2.53. The van der Waals surface area contributed by atoms with Crippen LogP contribution in [-0.2, 0) is 9.59 Å². The Morgan fingerprint density at radius 2 is 2.00 bits per heavy atom. The van der Waals surface area contributed by atoms with Gasteiger partial charge in [-0.15, -0.1) is 6.58 Å². The fourth-order valence-corrected chi connectivity index (χ4v) is 3.72. The molecular weight excluding hydrogens is 426 g/mol. The lowest BCUT2D eigenvalue weighted by Gasteiger charge is -2.27. The van der Waals surface area contributed by atoms with Crippen molar-refractivity contribution in [3.05, 3.63) is 70.0 Å². The number of carbonyl (C=O) groups is 3. The van der Waals surface area contributed by atoms with Gasteiger partial charge in [0, 0.05) is 17.9 Å². The maximum Gasteiger partial charge on any atom is 0.335 e. The van der Waals surface area contributed by atoms with Crippen LogP contribution < -0.4 is 5.32 Å². The minimum atomic E-state index is -1.07. The van der Waals surface area contributed by atoms with E-state index >= 15 is 0 Å². The number of aromatic carboxylic acids is 1. The summed E-state index contributed by atoms with van der Waals surface area (Å²) in [6.45, 7) is 7.38. The van der Waals surface area contributed by atoms with E-state index in [0.29, 0.717) is 22.0 Å². The minimum Gasteiger partial charge on any atom is -0.478 e. The Balaban J connectivity index is 2.10. The molecule has 0 atom stereocenters. The summed E-state index contributed by atoms with van der Waals surface area (Å²) in [5.74, 6) is -2.17. The van der Waals surface area contributed by atoms with Crippen LogP contribution >= 0.6 is 23.8 Å². The van der Waals surface area contributed by atoms with Crippen LogP contribution in [0.3, 0.4) is 0 Å². The van der Waals surface area contributed by atoms with Crippen LogP contribution in [0.4, 0.5) is 0 Å². The number of carboxylic acids is 1. The first kappa shape index (κ1) is 21.5. The van der Waals surface area contributed by atoms with Crippen LogP contribution in [0.5, 0.6) is 0 Å². The van der Waals surface area contributed by atoms with E-state index in [-0.39, 0.29) is 22.8 Å². The molecule has 2 aromatic rings. The summed E-state index contributed by atoms with van der Waals surface area (Å²) in [4.78, 5) is 37.7. The van der Waals surface area contributed by atoms with Crippen molar-refractivity contribution in [3.63, 3.8) is 0 Å². The molecule has 9 heteroatoms. The van der Waals surface area contributed by atoms with E-state index in [1.165, 1.54) is 35.3 Å². The van der Waals surface area contributed by atoms with Crippen molar-refractivity contribution >= 4 is 52.8 Å². The van der Waals surface area contributed by atoms with Gasteiger partial charge in [0.15, 0.2) is 5.11 Å². The predicted molar refractivity (Wildman–Crippen MR) is 118 cm³/mol. The summed E-state index contributed by atoms with van der Waals surface area (Å²) < 4.78 is 1.78. The molecule has 1 fully saturated rings. The maximum absolute atomic E-state index is 12.8. The Bertz CT molecular complexity index is 1150. The second-order valence-corrected chi connectivity index (χ2v) is 7.45. The van der Waals surface area contributed by atoms with Crippen molar-refractivity contribution in [2.75, 3.05) is 6.54 Å². The first-order valence-corrected chi connectivity index (χ1v) is 9.66. The fraction of sp³-hybridized carbons (Fsp3) is 0.143. The lowest BCUT2D eigenvalue weighted by molar-refractivity contribution is -0.128. The Morgan fingerprint density at radius 1 is 1.30 bits per heavy atom. The summed E-state index contributed by atoms with van der Waals surface area (Å²) in [6.07, 6.45) is 3.01. The number of rotatable bonds is 5. The number of benzene rings is 1. The minimum absolute atomic E-state index is 0.0322. The van der Waals surface area contributed by atoms with Gasteiger partial charge in [-0.1, -0.05) is 17.7 Å². The molecule has 0 radical (unpaired) electrons. The Hall–Kier alpha value is -3.23. The van der Waals surface area contributed by atoms with Gasteiger partial charge in [-0.3, -0.25) is 19.8 Å². The molecule has 1 aliphatic heterocycles. The Morgan fingerprint density at radius 3 is 2.63 bits per heavy atom.